The lowest BCUT2D eigenvalue weighted by Gasteiger charge is -2.22. The second kappa shape index (κ2) is 10.9. The molecule has 0 amide bonds. The molecule has 2 unspecified atom stereocenters. The lowest BCUT2D eigenvalue weighted by atomic mass is 9.96. The zero-order valence-electron chi connectivity index (χ0n) is 17.4. The molecule has 0 radical (unpaired) electrons. The Labute approximate surface area is 187 Å². The Morgan fingerprint density at radius 3 is 2.59 bits per heavy atom. The third-order valence-electron chi connectivity index (χ3n) is 4.84. The van der Waals surface area contributed by atoms with E-state index in [-0.39, 0.29) is 36.4 Å². The topological polar surface area (TPSA) is 73.0 Å². The first-order valence-electron chi connectivity index (χ1n) is 9.61. The van der Waals surface area contributed by atoms with Gasteiger partial charge in [-0.25, -0.2) is 4.99 Å². The average molecular weight is 532 g/mol. The number of likely N-dealkylation sites (tertiary alicyclic amines) is 1. The molecule has 3 N–H and O–H groups in total. The van der Waals surface area contributed by atoms with Crippen molar-refractivity contribution in [3.8, 4) is 0 Å². The summed E-state index contributed by atoms with van der Waals surface area (Å²) in [5.41, 5.74) is -0.482. The molecule has 6 nitrogen and oxygen atoms in total. The molecular weight excluding hydrogens is 500 g/mol. The molecule has 0 saturated carbocycles. The number of guanidine groups is 1. The zero-order chi connectivity index (χ0) is 20.9. The normalized spacial score (nSPS) is 20.3. The van der Waals surface area contributed by atoms with Crippen LogP contribution in [0.2, 0.25) is 0 Å². The number of nitrogens with zero attached hydrogens (tertiary/aromatic N) is 2. The summed E-state index contributed by atoms with van der Waals surface area (Å²) in [6, 6.07) is 1.80. The molecule has 10 heteroatoms. The predicted octanol–water partition coefficient (Wildman–Crippen LogP) is 3.16. The van der Waals surface area contributed by atoms with E-state index in [0.717, 1.165) is 5.76 Å². The number of rotatable bonds is 7. The van der Waals surface area contributed by atoms with Crippen LogP contribution in [0, 0.1) is 19.8 Å². The number of aliphatic imine (C=N–C) groups is 1. The van der Waals surface area contributed by atoms with Crippen molar-refractivity contribution in [2.24, 2.45) is 10.9 Å². The highest BCUT2D eigenvalue weighted by molar-refractivity contribution is 14.0. The van der Waals surface area contributed by atoms with E-state index in [1.54, 1.807) is 19.9 Å². The largest absolute Gasteiger partial charge is 0.466 e. The molecule has 1 aromatic heterocycles. The first kappa shape index (κ1) is 26.0. The van der Waals surface area contributed by atoms with E-state index in [0.29, 0.717) is 49.9 Å². The van der Waals surface area contributed by atoms with Crippen molar-refractivity contribution < 1.29 is 22.7 Å². The van der Waals surface area contributed by atoms with Crippen LogP contribution in [0.3, 0.4) is 0 Å². The summed E-state index contributed by atoms with van der Waals surface area (Å²) in [5, 5.41) is 17.1. The van der Waals surface area contributed by atoms with Crippen molar-refractivity contribution in [1.29, 1.82) is 0 Å². The van der Waals surface area contributed by atoms with Gasteiger partial charge in [0.1, 0.15) is 17.1 Å². The van der Waals surface area contributed by atoms with Gasteiger partial charge in [0, 0.05) is 25.2 Å². The molecule has 2 atom stereocenters. The predicted molar refractivity (Wildman–Crippen MR) is 118 cm³/mol. The monoisotopic (exact) mass is 532 g/mol. The van der Waals surface area contributed by atoms with Crippen LogP contribution in [0.15, 0.2) is 15.5 Å². The van der Waals surface area contributed by atoms with Crippen LogP contribution in [-0.2, 0) is 5.60 Å². The van der Waals surface area contributed by atoms with E-state index in [9.17, 15) is 18.3 Å². The average Bonchev–Trinajstić information content (AvgIpc) is 3.14. The van der Waals surface area contributed by atoms with Gasteiger partial charge < -0.3 is 20.2 Å². The Hall–Kier alpha value is -1.01. The Morgan fingerprint density at radius 2 is 2.03 bits per heavy atom. The van der Waals surface area contributed by atoms with E-state index in [2.05, 4.69) is 15.6 Å². The van der Waals surface area contributed by atoms with Gasteiger partial charge in [0.25, 0.3) is 0 Å². The van der Waals surface area contributed by atoms with Crippen molar-refractivity contribution in [2.45, 2.75) is 45.9 Å². The minimum Gasteiger partial charge on any atom is -0.466 e. The fourth-order valence-electron chi connectivity index (χ4n) is 3.54. The SMILES string of the molecule is CCNC(=NCC(C)(O)c1cc(C)oc1C)NCC1CCN(CC(F)(F)F)C1.I. The maximum atomic E-state index is 12.5. The van der Waals surface area contributed by atoms with Gasteiger partial charge in [0.05, 0.1) is 13.1 Å². The molecule has 1 aliphatic heterocycles. The Bertz CT molecular complexity index is 677. The Morgan fingerprint density at radius 1 is 1.34 bits per heavy atom. The smallest absolute Gasteiger partial charge is 0.401 e. The molecule has 0 bridgehead atoms. The van der Waals surface area contributed by atoms with Crippen LogP contribution in [-0.4, -0.2) is 61.4 Å². The van der Waals surface area contributed by atoms with Gasteiger partial charge >= 0.3 is 6.18 Å². The molecule has 0 aromatic carbocycles. The molecule has 2 heterocycles. The van der Waals surface area contributed by atoms with Gasteiger partial charge in [-0.3, -0.25) is 4.90 Å². The van der Waals surface area contributed by atoms with Crippen LogP contribution in [0.4, 0.5) is 13.2 Å². The van der Waals surface area contributed by atoms with E-state index >= 15 is 0 Å². The van der Waals surface area contributed by atoms with E-state index in [4.69, 9.17) is 4.42 Å². The molecule has 1 aromatic rings. The van der Waals surface area contributed by atoms with Crippen LogP contribution < -0.4 is 10.6 Å². The van der Waals surface area contributed by atoms with Crippen molar-refractivity contribution in [3.63, 3.8) is 0 Å². The number of aliphatic hydroxyl groups is 1. The lowest BCUT2D eigenvalue weighted by molar-refractivity contribution is -0.143. The van der Waals surface area contributed by atoms with Crippen LogP contribution in [0.25, 0.3) is 0 Å². The number of furan rings is 1. The first-order valence-corrected chi connectivity index (χ1v) is 9.61. The minimum absolute atomic E-state index is 0. The highest BCUT2D eigenvalue weighted by Gasteiger charge is 2.34. The summed E-state index contributed by atoms with van der Waals surface area (Å²) in [4.78, 5) is 5.90. The molecule has 1 aliphatic rings. The second-order valence-corrected chi connectivity index (χ2v) is 7.68. The quantitative estimate of drug-likeness (QED) is 0.286. The van der Waals surface area contributed by atoms with E-state index < -0.39 is 18.3 Å². The molecule has 0 aliphatic carbocycles. The molecule has 2 rings (SSSR count). The Balaban J connectivity index is 0.00000420. The van der Waals surface area contributed by atoms with Crippen LogP contribution >= 0.6 is 24.0 Å². The molecule has 1 fully saturated rings. The third kappa shape index (κ3) is 8.33. The fourth-order valence-corrected chi connectivity index (χ4v) is 3.54. The van der Waals surface area contributed by atoms with Crippen LogP contribution in [0.5, 0.6) is 0 Å². The summed E-state index contributed by atoms with van der Waals surface area (Å²) < 4.78 is 43.0. The summed E-state index contributed by atoms with van der Waals surface area (Å²) in [6.45, 7) is 8.56. The summed E-state index contributed by atoms with van der Waals surface area (Å²) in [7, 11) is 0. The maximum Gasteiger partial charge on any atom is 0.401 e. The van der Waals surface area contributed by atoms with Gasteiger partial charge in [-0.05, 0) is 52.6 Å². The molecular formula is C19H32F3IN4O2. The summed E-state index contributed by atoms with van der Waals surface area (Å²) in [6.07, 6.45) is -3.44. The van der Waals surface area contributed by atoms with Gasteiger partial charge in [0.15, 0.2) is 5.96 Å². The number of alkyl halides is 3. The van der Waals surface area contributed by atoms with Gasteiger partial charge in [-0.1, -0.05) is 0 Å². The maximum absolute atomic E-state index is 12.5. The molecule has 1 saturated heterocycles. The van der Waals surface area contributed by atoms with Crippen molar-refractivity contribution >= 4 is 29.9 Å². The van der Waals surface area contributed by atoms with E-state index in [1.807, 2.05) is 13.8 Å². The molecule has 0 spiro atoms. The highest BCUT2D eigenvalue weighted by atomic mass is 127. The van der Waals surface area contributed by atoms with Gasteiger partial charge in [-0.15, -0.1) is 24.0 Å². The number of hydrogen-bond acceptors (Lipinski definition) is 4. The van der Waals surface area contributed by atoms with E-state index in [1.165, 1.54) is 4.90 Å². The number of hydrogen-bond donors (Lipinski definition) is 3. The molecule has 168 valence electrons. The third-order valence-corrected chi connectivity index (χ3v) is 4.84. The van der Waals surface area contributed by atoms with Gasteiger partial charge in [0.2, 0.25) is 0 Å². The summed E-state index contributed by atoms with van der Waals surface area (Å²) >= 11 is 0. The first-order chi connectivity index (χ1) is 13.0. The number of halogens is 4. The molecule has 29 heavy (non-hydrogen) atoms. The highest BCUT2D eigenvalue weighted by Crippen LogP contribution is 2.27. The van der Waals surface area contributed by atoms with Gasteiger partial charge in [-0.2, -0.15) is 13.2 Å². The van der Waals surface area contributed by atoms with Crippen molar-refractivity contribution in [2.75, 3.05) is 39.3 Å². The lowest BCUT2D eigenvalue weighted by Crippen LogP contribution is -2.41. The Kier molecular flexibility index (Phi) is 9.74. The standard InChI is InChI=1S/C19H31F3N4O2.HI/c1-5-23-17(24-9-15-6-7-26(10-15)12-19(20,21)22)25-11-18(4,27)16-8-13(2)28-14(16)3;/h8,15,27H,5-7,9-12H2,1-4H3,(H2,23,24,25);1H. The number of aryl methyl sites for hydroxylation is 2. The minimum atomic E-state index is -4.16. The van der Waals surface area contributed by atoms with Crippen LogP contribution in [0.1, 0.15) is 37.4 Å². The van der Waals surface area contributed by atoms with Crippen molar-refractivity contribution in [1.82, 2.24) is 15.5 Å². The number of nitrogens with one attached hydrogen (secondary N) is 2. The zero-order valence-corrected chi connectivity index (χ0v) is 19.7. The fraction of sp³-hybridized carbons (Fsp3) is 0.737. The second-order valence-electron chi connectivity index (χ2n) is 7.68. The summed E-state index contributed by atoms with van der Waals surface area (Å²) in [5.74, 6) is 2.05. The van der Waals surface area contributed by atoms with Crippen molar-refractivity contribution in [3.05, 3.63) is 23.2 Å².